The van der Waals surface area contributed by atoms with Crippen molar-refractivity contribution in [1.29, 1.82) is 5.41 Å². The van der Waals surface area contributed by atoms with Gasteiger partial charge in [-0.2, -0.15) is 0 Å². The molecule has 1 fully saturated rings. The maximum atomic E-state index is 7.82. The molecule has 0 aromatic heterocycles. The van der Waals surface area contributed by atoms with Crippen molar-refractivity contribution in [2.75, 3.05) is 6.61 Å². The highest BCUT2D eigenvalue weighted by molar-refractivity contribution is 5.75. The first kappa shape index (κ1) is 11.2. The predicted octanol–water partition coefficient (Wildman–Crippen LogP) is 3.58. The Kier molecular flexibility index (Phi) is 3.60. The van der Waals surface area contributed by atoms with Crippen LogP contribution in [0.5, 0.6) is 0 Å². The fourth-order valence-corrected chi connectivity index (χ4v) is 2.52. The summed E-state index contributed by atoms with van der Waals surface area (Å²) in [7, 11) is 0. The molecule has 86 valence electrons. The Hall–Kier alpha value is -1.31. The minimum Gasteiger partial charge on any atom is -0.481 e. The zero-order chi connectivity index (χ0) is 11.4. The molecule has 0 amide bonds. The molecule has 0 radical (unpaired) electrons. The summed E-state index contributed by atoms with van der Waals surface area (Å²) < 4.78 is 5.29. The largest absolute Gasteiger partial charge is 0.481 e. The number of nitrogens with one attached hydrogen (secondary N) is 1. The van der Waals surface area contributed by atoms with E-state index < -0.39 is 0 Å². The molecule has 2 unspecified atom stereocenters. The maximum Gasteiger partial charge on any atom is 0.183 e. The summed E-state index contributed by atoms with van der Waals surface area (Å²) in [5, 5.41) is 7.82. The highest BCUT2D eigenvalue weighted by Gasteiger charge is 2.29. The second kappa shape index (κ2) is 5.15. The van der Waals surface area contributed by atoms with Gasteiger partial charge in [0, 0.05) is 5.92 Å². The van der Waals surface area contributed by atoms with E-state index in [-0.39, 0.29) is 0 Å². The highest BCUT2D eigenvalue weighted by Crippen LogP contribution is 2.38. The van der Waals surface area contributed by atoms with E-state index in [2.05, 4.69) is 30.3 Å². The molecule has 1 N–H and O–H groups in total. The van der Waals surface area contributed by atoms with Crippen LogP contribution in [0.4, 0.5) is 0 Å². The normalized spacial score (nSPS) is 24.3. The lowest BCUT2D eigenvalue weighted by Crippen LogP contribution is -2.13. The zero-order valence-corrected chi connectivity index (χ0v) is 9.78. The Morgan fingerprint density at radius 3 is 2.75 bits per heavy atom. The Morgan fingerprint density at radius 1 is 1.31 bits per heavy atom. The van der Waals surface area contributed by atoms with Crippen LogP contribution in [0.1, 0.15) is 37.7 Å². The van der Waals surface area contributed by atoms with Gasteiger partial charge in [0.1, 0.15) is 0 Å². The summed E-state index contributed by atoms with van der Waals surface area (Å²) in [5.74, 6) is 1.44. The van der Waals surface area contributed by atoms with Gasteiger partial charge in [-0.1, -0.05) is 30.3 Å². The molecule has 2 nitrogen and oxygen atoms in total. The van der Waals surface area contributed by atoms with Crippen molar-refractivity contribution < 1.29 is 4.74 Å². The number of rotatable bonds is 3. The summed E-state index contributed by atoms with van der Waals surface area (Å²) in [4.78, 5) is 0. The number of benzene rings is 1. The molecule has 2 atom stereocenters. The van der Waals surface area contributed by atoms with Crippen LogP contribution >= 0.6 is 0 Å². The van der Waals surface area contributed by atoms with E-state index >= 15 is 0 Å². The molecular weight excluding hydrogens is 198 g/mol. The standard InChI is InChI=1S/C14H19NO/c1-2-16-14(15)13-9-8-12(10-13)11-6-4-3-5-7-11/h3-7,12-13,15H,2,8-10H2,1H3. The third-order valence-electron chi connectivity index (χ3n) is 3.37. The maximum absolute atomic E-state index is 7.82. The number of hydrogen-bond donors (Lipinski definition) is 1. The molecule has 2 heteroatoms. The van der Waals surface area contributed by atoms with Gasteiger partial charge in [-0.05, 0) is 37.7 Å². The molecule has 0 aliphatic heterocycles. The fraction of sp³-hybridized carbons (Fsp3) is 0.500. The molecular formula is C14H19NO. The average Bonchev–Trinajstić information content (AvgIpc) is 2.80. The van der Waals surface area contributed by atoms with E-state index in [9.17, 15) is 0 Å². The van der Waals surface area contributed by atoms with Gasteiger partial charge in [-0.15, -0.1) is 0 Å². The molecule has 1 aromatic rings. The zero-order valence-electron chi connectivity index (χ0n) is 9.78. The molecule has 16 heavy (non-hydrogen) atoms. The lowest BCUT2D eigenvalue weighted by molar-refractivity contribution is 0.296. The first-order chi connectivity index (χ1) is 7.81. The molecule has 0 spiro atoms. The van der Waals surface area contributed by atoms with Gasteiger partial charge in [-0.25, -0.2) is 0 Å². The molecule has 0 saturated heterocycles. The first-order valence-electron chi connectivity index (χ1n) is 6.07. The molecule has 2 rings (SSSR count). The SMILES string of the molecule is CCOC(=N)C1CCC(c2ccccc2)C1. The van der Waals surface area contributed by atoms with Crippen LogP contribution in [-0.4, -0.2) is 12.5 Å². The minimum atomic E-state index is 0.338. The first-order valence-corrected chi connectivity index (χ1v) is 6.07. The predicted molar refractivity (Wildman–Crippen MR) is 65.9 cm³/mol. The van der Waals surface area contributed by atoms with E-state index in [1.807, 2.05) is 6.92 Å². The summed E-state index contributed by atoms with van der Waals surface area (Å²) in [6.45, 7) is 2.56. The van der Waals surface area contributed by atoms with E-state index in [1.165, 1.54) is 12.0 Å². The lowest BCUT2D eigenvalue weighted by Gasteiger charge is -2.13. The Labute approximate surface area is 97.1 Å². The van der Waals surface area contributed by atoms with Crippen molar-refractivity contribution in [3.05, 3.63) is 35.9 Å². The van der Waals surface area contributed by atoms with Crippen molar-refractivity contribution in [2.45, 2.75) is 32.1 Å². The van der Waals surface area contributed by atoms with Gasteiger partial charge in [-0.3, -0.25) is 5.41 Å². The van der Waals surface area contributed by atoms with Crippen molar-refractivity contribution >= 4 is 5.90 Å². The molecule has 1 aliphatic rings. The topological polar surface area (TPSA) is 33.1 Å². The van der Waals surface area contributed by atoms with E-state index in [1.54, 1.807) is 0 Å². The third-order valence-corrected chi connectivity index (χ3v) is 3.37. The minimum absolute atomic E-state index is 0.338. The van der Waals surface area contributed by atoms with Gasteiger partial charge in [0.15, 0.2) is 5.90 Å². The van der Waals surface area contributed by atoms with Crippen LogP contribution in [0, 0.1) is 11.3 Å². The van der Waals surface area contributed by atoms with Crippen LogP contribution in [0.3, 0.4) is 0 Å². The number of hydrogen-bond acceptors (Lipinski definition) is 2. The lowest BCUT2D eigenvalue weighted by atomic mass is 9.96. The molecule has 1 aromatic carbocycles. The second-order valence-electron chi connectivity index (χ2n) is 4.41. The van der Waals surface area contributed by atoms with Crippen LogP contribution in [-0.2, 0) is 4.74 Å². The smallest absolute Gasteiger partial charge is 0.183 e. The molecule has 0 heterocycles. The molecule has 1 aliphatic carbocycles. The van der Waals surface area contributed by atoms with Gasteiger partial charge in [0.2, 0.25) is 0 Å². The van der Waals surface area contributed by atoms with Crippen molar-refractivity contribution in [2.24, 2.45) is 5.92 Å². The summed E-state index contributed by atoms with van der Waals surface area (Å²) in [6, 6.07) is 10.6. The van der Waals surface area contributed by atoms with Crippen LogP contribution in [0.15, 0.2) is 30.3 Å². The van der Waals surface area contributed by atoms with Crippen molar-refractivity contribution in [3.63, 3.8) is 0 Å². The van der Waals surface area contributed by atoms with E-state index in [0.29, 0.717) is 24.3 Å². The van der Waals surface area contributed by atoms with Gasteiger partial charge in [0.05, 0.1) is 6.61 Å². The Balaban J connectivity index is 1.96. The van der Waals surface area contributed by atoms with E-state index in [0.717, 1.165) is 12.8 Å². The quantitative estimate of drug-likeness (QED) is 0.609. The molecule has 0 bridgehead atoms. The summed E-state index contributed by atoms with van der Waals surface area (Å²) >= 11 is 0. The highest BCUT2D eigenvalue weighted by atomic mass is 16.5. The Bertz CT molecular complexity index is 347. The Morgan fingerprint density at radius 2 is 2.06 bits per heavy atom. The van der Waals surface area contributed by atoms with Crippen molar-refractivity contribution in [3.8, 4) is 0 Å². The van der Waals surface area contributed by atoms with Crippen molar-refractivity contribution in [1.82, 2.24) is 0 Å². The summed E-state index contributed by atoms with van der Waals surface area (Å²) in [5.41, 5.74) is 1.41. The van der Waals surface area contributed by atoms with Gasteiger partial charge >= 0.3 is 0 Å². The third kappa shape index (κ3) is 2.43. The van der Waals surface area contributed by atoms with Crippen LogP contribution in [0.2, 0.25) is 0 Å². The fourth-order valence-electron chi connectivity index (χ4n) is 2.52. The van der Waals surface area contributed by atoms with E-state index in [4.69, 9.17) is 10.1 Å². The monoisotopic (exact) mass is 217 g/mol. The van der Waals surface area contributed by atoms with Gasteiger partial charge in [0.25, 0.3) is 0 Å². The average molecular weight is 217 g/mol. The van der Waals surface area contributed by atoms with Crippen LogP contribution in [0.25, 0.3) is 0 Å². The van der Waals surface area contributed by atoms with Gasteiger partial charge < -0.3 is 4.74 Å². The van der Waals surface area contributed by atoms with Crippen LogP contribution < -0.4 is 0 Å². The summed E-state index contributed by atoms with van der Waals surface area (Å²) in [6.07, 6.45) is 3.35. The second-order valence-corrected chi connectivity index (χ2v) is 4.41. The number of ether oxygens (including phenoxy) is 1. The molecule has 1 saturated carbocycles.